The summed E-state index contributed by atoms with van der Waals surface area (Å²) in [6, 6.07) is -2.72. The third-order valence-electron chi connectivity index (χ3n) is 4.92. The van der Waals surface area contributed by atoms with Gasteiger partial charge in [-0.25, -0.2) is 0 Å². The van der Waals surface area contributed by atoms with Crippen molar-refractivity contribution < 1.29 is 50.4 Å². The number of amides is 2. The second-order valence-corrected chi connectivity index (χ2v) is 6.51. The number of β-amino-alcohol motifs (C(OH)–C–C–N with tert-alkyl or cyclic N) is 2. The number of hydrogen-bond donors (Lipinski definition) is 8. The fraction of sp³-hybridized carbons (Fsp3) is 0.857. The van der Waals surface area contributed by atoms with Crippen LogP contribution in [-0.4, -0.2) is 137 Å². The zero-order valence-corrected chi connectivity index (χ0v) is 13.7. The van der Waals surface area contributed by atoms with Crippen LogP contribution >= 0.6 is 0 Å². The van der Waals surface area contributed by atoms with Crippen molar-refractivity contribution in [1.29, 1.82) is 0 Å². The number of rotatable bonds is 2. The minimum Gasteiger partial charge on any atom is -0.394 e. The average molecular weight is 380 g/mol. The second-order valence-electron chi connectivity index (χ2n) is 6.51. The maximum Gasteiger partial charge on any atom is 0.312 e. The van der Waals surface area contributed by atoms with Gasteiger partial charge in [-0.3, -0.25) is 9.59 Å². The number of carbonyl (C=O) groups excluding carboxylic acids is 2. The third-order valence-corrected chi connectivity index (χ3v) is 4.92. The van der Waals surface area contributed by atoms with E-state index in [4.69, 9.17) is 0 Å². The summed E-state index contributed by atoms with van der Waals surface area (Å²) in [5.74, 6) is -2.55. The van der Waals surface area contributed by atoms with E-state index >= 15 is 0 Å². The van der Waals surface area contributed by atoms with Gasteiger partial charge in [-0.15, -0.1) is 0 Å². The fourth-order valence-corrected chi connectivity index (χ4v) is 3.29. The van der Waals surface area contributed by atoms with Crippen molar-refractivity contribution >= 4 is 11.8 Å². The highest BCUT2D eigenvalue weighted by Crippen LogP contribution is 2.23. The summed E-state index contributed by atoms with van der Waals surface area (Å²) in [4.78, 5) is 26.4. The summed E-state index contributed by atoms with van der Waals surface area (Å²) in [7, 11) is 0. The number of aliphatic hydroxyl groups is 8. The van der Waals surface area contributed by atoms with Crippen LogP contribution in [0.2, 0.25) is 0 Å². The molecule has 8 N–H and O–H groups in total. The summed E-state index contributed by atoms with van der Waals surface area (Å²) >= 11 is 0. The highest BCUT2D eigenvalue weighted by molar-refractivity contribution is 6.35. The van der Waals surface area contributed by atoms with E-state index in [1.54, 1.807) is 0 Å². The Bertz CT molecular complexity index is 488. The van der Waals surface area contributed by atoms with Crippen LogP contribution < -0.4 is 0 Å². The lowest BCUT2D eigenvalue weighted by Gasteiger charge is -2.45. The van der Waals surface area contributed by atoms with Crippen molar-refractivity contribution in [2.75, 3.05) is 26.3 Å². The van der Waals surface area contributed by atoms with Gasteiger partial charge in [-0.05, 0) is 0 Å². The molecule has 2 amide bonds. The predicted octanol–water partition coefficient (Wildman–Crippen LogP) is -6.44. The Balaban J connectivity index is 2.23. The molecule has 0 aromatic carbocycles. The zero-order valence-electron chi connectivity index (χ0n) is 13.7. The van der Waals surface area contributed by atoms with E-state index in [0.29, 0.717) is 9.80 Å². The first-order chi connectivity index (χ1) is 12.1. The first kappa shape index (κ1) is 20.9. The average Bonchev–Trinajstić information content (AvgIpc) is 2.62. The van der Waals surface area contributed by atoms with Crippen LogP contribution in [-0.2, 0) is 9.59 Å². The van der Waals surface area contributed by atoms with Crippen molar-refractivity contribution in [3.8, 4) is 0 Å². The normalized spacial score (nSPS) is 41.2. The van der Waals surface area contributed by atoms with Crippen LogP contribution in [0.5, 0.6) is 0 Å². The van der Waals surface area contributed by atoms with Gasteiger partial charge in [0.1, 0.15) is 36.6 Å². The van der Waals surface area contributed by atoms with Crippen molar-refractivity contribution in [2.45, 2.75) is 48.7 Å². The molecule has 12 nitrogen and oxygen atoms in total. The maximum atomic E-state index is 12.5. The molecule has 2 aliphatic heterocycles. The van der Waals surface area contributed by atoms with E-state index < -0.39 is 86.8 Å². The first-order valence-electron chi connectivity index (χ1n) is 8.07. The molecule has 26 heavy (non-hydrogen) atoms. The van der Waals surface area contributed by atoms with E-state index in [9.17, 15) is 50.4 Å². The van der Waals surface area contributed by atoms with Crippen LogP contribution in [0.25, 0.3) is 0 Å². The van der Waals surface area contributed by atoms with Crippen molar-refractivity contribution in [1.82, 2.24) is 9.80 Å². The molecular formula is C14H24N2O10. The van der Waals surface area contributed by atoms with Gasteiger partial charge in [0.05, 0.1) is 38.4 Å². The molecule has 0 aromatic heterocycles. The molecule has 0 aliphatic carbocycles. The second kappa shape index (κ2) is 8.10. The van der Waals surface area contributed by atoms with Gasteiger partial charge in [0.2, 0.25) is 0 Å². The minimum absolute atomic E-state index is 0.542. The van der Waals surface area contributed by atoms with Crippen molar-refractivity contribution in [3.05, 3.63) is 0 Å². The molecule has 2 heterocycles. The Morgan fingerprint density at radius 3 is 1.23 bits per heavy atom. The highest BCUT2D eigenvalue weighted by Gasteiger charge is 2.49. The molecule has 0 unspecified atom stereocenters. The lowest BCUT2D eigenvalue weighted by atomic mass is 9.92. The number of carbonyl (C=O) groups is 2. The number of aliphatic hydroxyl groups excluding tert-OH is 8. The van der Waals surface area contributed by atoms with E-state index in [1.807, 2.05) is 0 Å². The quantitative estimate of drug-likeness (QED) is 0.213. The molecule has 0 aromatic rings. The minimum atomic E-state index is -1.70. The topological polar surface area (TPSA) is 202 Å². The van der Waals surface area contributed by atoms with E-state index in [2.05, 4.69) is 0 Å². The fourth-order valence-electron chi connectivity index (χ4n) is 3.29. The molecule has 2 fully saturated rings. The Morgan fingerprint density at radius 1 is 0.654 bits per heavy atom. The molecule has 0 spiro atoms. The van der Waals surface area contributed by atoms with Gasteiger partial charge in [0.15, 0.2) is 0 Å². The molecule has 0 radical (unpaired) electrons. The molecule has 0 bridgehead atoms. The van der Waals surface area contributed by atoms with Gasteiger partial charge in [-0.1, -0.05) is 0 Å². The van der Waals surface area contributed by atoms with Crippen LogP contribution in [0.1, 0.15) is 0 Å². The summed E-state index contributed by atoms with van der Waals surface area (Å²) in [6.07, 6.45) is -9.76. The van der Waals surface area contributed by atoms with E-state index in [-0.39, 0.29) is 0 Å². The first-order valence-corrected chi connectivity index (χ1v) is 8.07. The van der Waals surface area contributed by atoms with Crippen LogP contribution in [0, 0.1) is 0 Å². The predicted molar refractivity (Wildman–Crippen MR) is 81.2 cm³/mol. The molecule has 2 aliphatic rings. The maximum absolute atomic E-state index is 12.5. The molecule has 150 valence electrons. The zero-order chi connectivity index (χ0) is 19.8. The number of likely N-dealkylation sites (tertiary alicyclic amines) is 2. The monoisotopic (exact) mass is 380 g/mol. The van der Waals surface area contributed by atoms with Gasteiger partial charge in [0, 0.05) is 0 Å². The summed E-state index contributed by atoms with van der Waals surface area (Å²) in [6.45, 7) is -2.67. The molecule has 12 heteroatoms. The van der Waals surface area contributed by atoms with Gasteiger partial charge >= 0.3 is 11.8 Å². The third kappa shape index (κ3) is 3.54. The van der Waals surface area contributed by atoms with Crippen LogP contribution in [0.4, 0.5) is 0 Å². The Morgan fingerprint density at radius 2 is 0.962 bits per heavy atom. The highest BCUT2D eigenvalue weighted by atomic mass is 16.4. The van der Waals surface area contributed by atoms with Gasteiger partial charge < -0.3 is 50.7 Å². The van der Waals surface area contributed by atoms with Crippen LogP contribution in [0.3, 0.4) is 0 Å². The molecule has 2 saturated heterocycles. The molecular weight excluding hydrogens is 356 g/mol. The number of hydrogen-bond acceptors (Lipinski definition) is 10. The lowest BCUT2D eigenvalue weighted by molar-refractivity contribution is -0.183. The largest absolute Gasteiger partial charge is 0.394 e. The number of piperidine rings is 2. The number of nitrogens with zero attached hydrogens (tertiary/aromatic N) is 2. The summed E-state index contributed by atoms with van der Waals surface area (Å²) in [5, 5.41) is 77.3. The molecule has 8 atom stereocenters. The van der Waals surface area contributed by atoms with Crippen molar-refractivity contribution in [3.63, 3.8) is 0 Å². The SMILES string of the molecule is O=C(C(=O)N1C[C@H](O)[C@@H](O)[C@H](O)[C@H]1CO)N1C[C@H](O)[C@@H](O)[C@H](O)[C@H]1CO. The molecule has 2 rings (SSSR count). The lowest BCUT2D eigenvalue weighted by Crippen LogP contribution is -2.69. The smallest absolute Gasteiger partial charge is 0.312 e. The van der Waals surface area contributed by atoms with Gasteiger partial charge in [0.25, 0.3) is 0 Å². The Kier molecular flexibility index (Phi) is 6.52. The Labute approximate surface area is 148 Å². The van der Waals surface area contributed by atoms with Crippen molar-refractivity contribution in [2.24, 2.45) is 0 Å². The summed E-state index contributed by atoms with van der Waals surface area (Å²) < 4.78 is 0. The standard InChI is InChI=1S/C14H24N2O10/c17-3-5-9(21)11(23)7(19)1-15(5)13(25)14(26)16-2-8(20)12(24)10(22)6(16)4-18/h5-12,17-24H,1-4H2/t5-,6-,7+,8+,9-,10-,11-,12-/m1/s1. The van der Waals surface area contributed by atoms with E-state index in [1.165, 1.54) is 0 Å². The van der Waals surface area contributed by atoms with Crippen LogP contribution in [0.15, 0.2) is 0 Å². The molecule has 0 saturated carbocycles. The Hall–Kier alpha value is -1.38. The summed E-state index contributed by atoms with van der Waals surface area (Å²) in [5.41, 5.74) is 0. The van der Waals surface area contributed by atoms with Gasteiger partial charge in [-0.2, -0.15) is 0 Å². The van der Waals surface area contributed by atoms with E-state index in [0.717, 1.165) is 0 Å².